The zero-order valence-corrected chi connectivity index (χ0v) is 8.84. The van der Waals surface area contributed by atoms with E-state index in [0.717, 1.165) is 6.07 Å². The average molecular weight is 224 g/mol. The fourth-order valence-electron chi connectivity index (χ4n) is 1.43. The molecule has 1 atom stereocenters. The van der Waals surface area contributed by atoms with Crippen LogP contribution in [0.5, 0.6) is 0 Å². The smallest absolute Gasteiger partial charge is 0.163 e. The van der Waals surface area contributed by atoms with Gasteiger partial charge in [0.25, 0.3) is 0 Å². The third-order valence-corrected chi connectivity index (χ3v) is 2.25. The summed E-state index contributed by atoms with van der Waals surface area (Å²) >= 11 is 0. The van der Waals surface area contributed by atoms with Crippen LogP contribution in [-0.4, -0.2) is 13.1 Å². The van der Waals surface area contributed by atoms with Gasteiger partial charge in [-0.2, -0.15) is 0 Å². The molecule has 3 N–H and O–H groups in total. The second-order valence-corrected chi connectivity index (χ2v) is 3.34. The first kappa shape index (κ1) is 12.6. The van der Waals surface area contributed by atoms with E-state index in [1.807, 2.05) is 0 Å². The molecule has 0 fully saturated rings. The van der Waals surface area contributed by atoms with Crippen LogP contribution in [-0.2, 0) is 0 Å². The Kier molecular flexibility index (Phi) is 4.90. The van der Waals surface area contributed by atoms with E-state index < -0.39 is 17.7 Å². The average Bonchev–Trinajstić information content (AvgIpc) is 2.29. The summed E-state index contributed by atoms with van der Waals surface area (Å²) < 4.78 is 26.4. The molecule has 1 aromatic rings. The summed E-state index contributed by atoms with van der Waals surface area (Å²) in [5.74, 6) is 0.732. The van der Waals surface area contributed by atoms with Crippen LogP contribution in [0.15, 0.2) is 18.2 Å². The van der Waals surface area contributed by atoms with E-state index in [4.69, 9.17) is 12.2 Å². The highest BCUT2D eigenvalue weighted by Crippen LogP contribution is 2.18. The number of hydrogen-bond donors (Lipinski definition) is 2. The lowest BCUT2D eigenvalue weighted by Gasteiger charge is -2.17. The highest BCUT2D eigenvalue weighted by atomic mass is 19.2. The maximum atomic E-state index is 13.4. The Labute approximate surface area is 93.8 Å². The number of halogens is 2. The topological polar surface area (TPSA) is 38.0 Å². The molecule has 0 heterocycles. The van der Waals surface area contributed by atoms with Crippen LogP contribution < -0.4 is 11.1 Å². The molecule has 0 bridgehead atoms. The van der Waals surface area contributed by atoms with Crippen LogP contribution in [0.25, 0.3) is 0 Å². The first-order chi connectivity index (χ1) is 7.70. The molecule has 0 saturated heterocycles. The van der Waals surface area contributed by atoms with Crippen molar-refractivity contribution in [1.82, 2.24) is 5.32 Å². The Bertz CT molecular complexity index is 385. The minimum atomic E-state index is -0.866. The van der Waals surface area contributed by atoms with Crippen LogP contribution in [0, 0.1) is 24.0 Å². The second-order valence-electron chi connectivity index (χ2n) is 3.34. The maximum Gasteiger partial charge on any atom is 0.163 e. The van der Waals surface area contributed by atoms with E-state index in [-0.39, 0.29) is 12.1 Å². The van der Waals surface area contributed by atoms with Crippen molar-refractivity contribution in [1.29, 1.82) is 0 Å². The SMILES string of the molecule is C#CCCNC(CN)c1cccc(F)c1F. The molecule has 16 heavy (non-hydrogen) atoms. The van der Waals surface area contributed by atoms with Crippen LogP contribution >= 0.6 is 0 Å². The Morgan fingerprint density at radius 1 is 1.44 bits per heavy atom. The van der Waals surface area contributed by atoms with Gasteiger partial charge >= 0.3 is 0 Å². The summed E-state index contributed by atoms with van der Waals surface area (Å²) in [5, 5.41) is 2.98. The second kappa shape index (κ2) is 6.21. The fraction of sp³-hybridized carbons (Fsp3) is 0.333. The van der Waals surface area contributed by atoms with Gasteiger partial charge in [0.05, 0.1) is 0 Å². The molecular weight excluding hydrogens is 210 g/mol. The van der Waals surface area contributed by atoms with Crippen molar-refractivity contribution in [2.75, 3.05) is 13.1 Å². The maximum absolute atomic E-state index is 13.4. The highest BCUT2D eigenvalue weighted by Gasteiger charge is 2.15. The number of rotatable bonds is 5. The number of nitrogens with one attached hydrogen (secondary N) is 1. The number of hydrogen-bond acceptors (Lipinski definition) is 2. The normalized spacial score (nSPS) is 12.1. The molecule has 0 aliphatic carbocycles. The van der Waals surface area contributed by atoms with Gasteiger partial charge in [0, 0.05) is 31.1 Å². The fourth-order valence-corrected chi connectivity index (χ4v) is 1.43. The van der Waals surface area contributed by atoms with Crippen molar-refractivity contribution in [3.8, 4) is 12.3 Å². The van der Waals surface area contributed by atoms with Crippen molar-refractivity contribution < 1.29 is 8.78 Å². The van der Waals surface area contributed by atoms with Crippen molar-refractivity contribution in [3.05, 3.63) is 35.4 Å². The zero-order valence-electron chi connectivity index (χ0n) is 8.84. The molecule has 2 nitrogen and oxygen atoms in total. The summed E-state index contributed by atoms with van der Waals surface area (Å²) in [6.07, 6.45) is 5.61. The van der Waals surface area contributed by atoms with Crippen LogP contribution in [0.3, 0.4) is 0 Å². The van der Waals surface area contributed by atoms with E-state index >= 15 is 0 Å². The van der Waals surface area contributed by atoms with Gasteiger partial charge in [-0.25, -0.2) is 8.78 Å². The Hall–Kier alpha value is -1.44. The van der Waals surface area contributed by atoms with Crippen molar-refractivity contribution in [3.63, 3.8) is 0 Å². The molecule has 1 aromatic carbocycles. The van der Waals surface area contributed by atoms with Crippen molar-refractivity contribution >= 4 is 0 Å². The standard InChI is InChI=1S/C12H14F2N2/c1-2-3-7-16-11(8-15)9-5-4-6-10(13)12(9)14/h1,4-6,11,16H,3,7-8,15H2. The molecule has 1 rings (SSSR count). The Balaban J connectivity index is 2.79. The summed E-state index contributed by atoms with van der Waals surface area (Å²) in [6, 6.07) is 3.63. The molecule has 0 aromatic heterocycles. The third-order valence-electron chi connectivity index (χ3n) is 2.25. The molecule has 0 spiro atoms. The minimum Gasteiger partial charge on any atom is -0.329 e. The lowest BCUT2D eigenvalue weighted by atomic mass is 10.1. The molecule has 0 radical (unpaired) electrons. The van der Waals surface area contributed by atoms with E-state index in [9.17, 15) is 8.78 Å². The molecule has 0 aliphatic heterocycles. The lowest BCUT2D eigenvalue weighted by molar-refractivity contribution is 0.466. The number of benzene rings is 1. The molecule has 0 amide bonds. The van der Waals surface area contributed by atoms with Crippen LogP contribution in [0.4, 0.5) is 8.78 Å². The van der Waals surface area contributed by atoms with Crippen LogP contribution in [0.1, 0.15) is 18.0 Å². The Morgan fingerprint density at radius 3 is 2.81 bits per heavy atom. The largest absolute Gasteiger partial charge is 0.329 e. The van der Waals surface area contributed by atoms with Crippen molar-refractivity contribution in [2.24, 2.45) is 5.73 Å². The Morgan fingerprint density at radius 2 is 2.19 bits per heavy atom. The summed E-state index contributed by atoms with van der Waals surface area (Å²) in [7, 11) is 0. The van der Waals surface area contributed by atoms with Gasteiger partial charge in [0.2, 0.25) is 0 Å². The van der Waals surface area contributed by atoms with Gasteiger partial charge in [-0.1, -0.05) is 12.1 Å². The van der Waals surface area contributed by atoms with Gasteiger partial charge in [-0.3, -0.25) is 0 Å². The molecule has 0 saturated carbocycles. The van der Waals surface area contributed by atoms with Gasteiger partial charge in [0.1, 0.15) is 0 Å². The first-order valence-electron chi connectivity index (χ1n) is 5.01. The predicted molar refractivity (Wildman–Crippen MR) is 59.6 cm³/mol. The minimum absolute atomic E-state index is 0.185. The molecule has 1 unspecified atom stereocenters. The van der Waals surface area contributed by atoms with Crippen molar-refractivity contribution in [2.45, 2.75) is 12.5 Å². The van der Waals surface area contributed by atoms with Gasteiger partial charge in [-0.05, 0) is 6.07 Å². The summed E-state index contributed by atoms with van der Waals surface area (Å²) in [5.41, 5.74) is 5.74. The number of terminal acetylenes is 1. The zero-order chi connectivity index (χ0) is 12.0. The highest BCUT2D eigenvalue weighted by molar-refractivity contribution is 5.22. The third kappa shape index (κ3) is 3.02. The van der Waals surface area contributed by atoms with Crippen LogP contribution in [0.2, 0.25) is 0 Å². The van der Waals surface area contributed by atoms with E-state index in [0.29, 0.717) is 13.0 Å². The van der Waals surface area contributed by atoms with E-state index in [1.165, 1.54) is 12.1 Å². The molecule has 86 valence electrons. The molecule has 4 heteroatoms. The predicted octanol–water partition coefficient (Wildman–Crippen LogP) is 1.58. The van der Waals surface area contributed by atoms with Gasteiger partial charge < -0.3 is 11.1 Å². The lowest BCUT2D eigenvalue weighted by Crippen LogP contribution is -2.29. The van der Waals surface area contributed by atoms with Gasteiger partial charge in [0.15, 0.2) is 11.6 Å². The van der Waals surface area contributed by atoms with E-state index in [2.05, 4.69) is 11.2 Å². The summed E-state index contributed by atoms with van der Waals surface area (Å²) in [4.78, 5) is 0. The summed E-state index contributed by atoms with van der Waals surface area (Å²) in [6.45, 7) is 0.708. The molecular formula is C12H14F2N2. The monoisotopic (exact) mass is 224 g/mol. The number of nitrogens with two attached hydrogens (primary N) is 1. The molecule has 0 aliphatic rings. The van der Waals surface area contributed by atoms with Gasteiger partial charge in [-0.15, -0.1) is 12.3 Å². The van der Waals surface area contributed by atoms with E-state index in [1.54, 1.807) is 0 Å². The first-order valence-corrected chi connectivity index (χ1v) is 5.01. The quantitative estimate of drug-likeness (QED) is 0.588.